The van der Waals surface area contributed by atoms with Gasteiger partial charge in [0.05, 0.1) is 10.6 Å². The highest BCUT2D eigenvalue weighted by Crippen LogP contribution is 2.27. The maximum atomic E-state index is 12.2. The van der Waals surface area contributed by atoms with Gasteiger partial charge in [-0.15, -0.1) is 0 Å². The first-order valence-electron chi connectivity index (χ1n) is 6.99. The molecule has 0 saturated carbocycles. The lowest BCUT2D eigenvalue weighted by atomic mass is 10.2. The highest BCUT2D eigenvalue weighted by atomic mass is 79.9. The molecule has 0 atom stereocenters. The average molecular weight is 420 g/mol. The lowest BCUT2D eigenvalue weighted by Gasteiger charge is -2.10. The van der Waals surface area contributed by atoms with E-state index in [0.29, 0.717) is 15.7 Å². The first-order chi connectivity index (χ1) is 11.9. The molecule has 1 heterocycles. The SMILES string of the molecule is O=C(NC(=S)Nc1ccc([N+](=O)[O-])cc1Br)c1cc2ccccc2o1. The maximum absolute atomic E-state index is 12.2. The van der Waals surface area contributed by atoms with Crippen LogP contribution in [0.25, 0.3) is 11.0 Å². The van der Waals surface area contributed by atoms with Crippen LogP contribution < -0.4 is 10.6 Å². The molecule has 9 heteroatoms. The van der Waals surface area contributed by atoms with Crippen LogP contribution in [0.1, 0.15) is 10.6 Å². The zero-order valence-corrected chi connectivity index (χ0v) is 14.9. The molecule has 0 aliphatic heterocycles. The van der Waals surface area contributed by atoms with Gasteiger partial charge in [-0.05, 0) is 46.3 Å². The summed E-state index contributed by atoms with van der Waals surface area (Å²) in [6.45, 7) is 0. The van der Waals surface area contributed by atoms with E-state index in [1.807, 2.05) is 18.2 Å². The van der Waals surface area contributed by atoms with Crippen molar-refractivity contribution in [1.29, 1.82) is 0 Å². The molecule has 2 aromatic carbocycles. The molecule has 2 N–H and O–H groups in total. The van der Waals surface area contributed by atoms with Crippen LogP contribution in [-0.2, 0) is 0 Å². The summed E-state index contributed by atoms with van der Waals surface area (Å²) in [6.07, 6.45) is 0. The van der Waals surface area contributed by atoms with Crippen LogP contribution >= 0.6 is 28.1 Å². The molecule has 1 amide bonds. The Labute approximate surface area is 155 Å². The van der Waals surface area contributed by atoms with Gasteiger partial charge in [-0.2, -0.15) is 0 Å². The fourth-order valence-corrected chi connectivity index (χ4v) is 2.80. The molecule has 0 aliphatic rings. The van der Waals surface area contributed by atoms with Gasteiger partial charge in [0.15, 0.2) is 10.9 Å². The van der Waals surface area contributed by atoms with E-state index in [4.69, 9.17) is 16.6 Å². The number of carbonyl (C=O) groups excluding carboxylic acids is 1. The molecule has 0 aliphatic carbocycles. The molecule has 3 rings (SSSR count). The second-order valence-corrected chi connectivity index (χ2v) is 6.24. The number of carbonyl (C=O) groups is 1. The fourth-order valence-electron chi connectivity index (χ4n) is 2.13. The summed E-state index contributed by atoms with van der Waals surface area (Å²) in [5.41, 5.74) is 1.03. The van der Waals surface area contributed by atoms with Crippen LogP contribution in [0.3, 0.4) is 0 Å². The molecule has 0 bridgehead atoms. The molecule has 25 heavy (non-hydrogen) atoms. The van der Waals surface area contributed by atoms with Crippen LogP contribution in [0.2, 0.25) is 0 Å². The molecule has 0 radical (unpaired) electrons. The van der Waals surface area contributed by atoms with Crippen molar-refractivity contribution in [3.63, 3.8) is 0 Å². The standard InChI is InChI=1S/C16H10BrN3O4S/c17-11-8-10(20(22)23)5-6-12(11)18-16(25)19-15(21)14-7-9-3-1-2-4-13(9)24-14/h1-8H,(H2,18,19,21,25). The molecule has 0 unspecified atom stereocenters. The molecular weight excluding hydrogens is 410 g/mol. The van der Waals surface area contributed by atoms with Crippen LogP contribution in [0.5, 0.6) is 0 Å². The number of thiocarbonyl (C=S) groups is 1. The van der Waals surface area contributed by atoms with Gasteiger partial charge in [0.2, 0.25) is 0 Å². The van der Waals surface area contributed by atoms with Gasteiger partial charge in [-0.25, -0.2) is 0 Å². The van der Waals surface area contributed by atoms with Crippen LogP contribution in [-0.4, -0.2) is 15.9 Å². The minimum absolute atomic E-state index is 0.0417. The third kappa shape index (κ3) is 3.83. The summed E-state index contributed by atoms with van der Waals surface area (Å²) in [6, 6.07) is 13.0. The number of para-hydroxylation sites is 1. The van der Waals surface area contributed by atoms with Crippen molar-refractivity contribution < 1.29 is 14.1 Å². The molecule has 0 saturated heterocycles. The Morgan fingerprint density at radius 3 is 2.64 bits per heavy atom. The Kier molecular flexibility index (Phi) is 4.77. The summed E-state index contributed by atoms with van der Waals surface area (Å²) in [5.74, 6) is -0.361. The van der Waals surface area contributed by atoms with Gasteiger partial charge in [-0.1, -0.05) is 18.2 Å². The molecule has 126 valence electrons. The van der Waals surface area contributed by atoms with Gasteiger partial charge in [0, 0.05) is 22.0 Å². The van der Waals surface area contributed by atoms with Crippen LogP contribution in [0, 0.1) is 10.1 Å². The van der Waals surface area contributed by atoms with E-state index in [-0.39, 0.29) is 16.6 Å². The van der Waals surface area contributed by atoms with Crippen molar-refractivity contribution in [3.05, 3.63) is 68.9 Å². The first-order valence-corrected chi connectivity index (χ1v) is 8.19. The Balaban J connectivity index is 1.69. The Morgan fingerprint density at radius 2 is 1.96 bits per heavy atom. The number of rotatable bonds is 3. The number of anilines is 1. The van der Waals surface area contributed by atoms with Crippen molar-refractivity contribution >= 4 is 61.5 Å². The monoisotopic (exact) mass is 419 g/mol. The topological polar surface area (TPSA) is 97.4 Å². The largest absolute Gasteiger partial charge is 0.451 e. The number of hydrogen-bond acceptors (Lipinski definition) is 5. The normalized spacial score (nSPS) is 10.4. The van der Waals surface area contributed by atoms with Crippen molar-refractivity contribution in [1.82, 2.24) is 5.32 Å². The van der Waals surface area contributed by atoms with Crippen molar-refractivity contribution in [2.75, 3.05) is 5.32 Å². The number of nitro groups is 1. The highest BCUT2D eigenvalue weighted by Gasteiger charge is 2.15. The molecule has 7 nitrogen and oxygen atoms in total. The van der Waals surface area contributed by atoms with Gasteiger partial charge in [0.1, 0.15) is 5.58 Å². The van der Waals surface area contributed by atoms with Crippen LogP contribution in [0.4, 0.5) is 11.4 Å². The van der Waals surface area contributed by atoms with Gasteiger partial charge in [-0.3, -0.25) is 20.2 Å². The van der Waals surface area contributed by atoms with E-state index in [2.05, 4.69) is 26.6 Å². The maximum Gasteiger partial charge on any atom is 0.293 e. The molecule has 3 aromatic rings. The molecule has 0 fully saturated rings. The number of nitrogens with zero attached hydrogens (tertiary/aromatic N) is 1. The van der Waals surface area contributed by atoms with E-state index in [1.165, 1.54) is 18.2 Å². The van der Waals surface area contributed by atoms with E-state index >= 15 is 0 Å². The van der Waals surface area contributed by atoms with E-state index < -0.39 is 10.8 Å². The summed E-state index contributed by atoms with van der Waals surface area (Å²) in [7, 11) is 0. The number of amides is 1. The second-order valence-electron chi connectivity index (χ2n) is 4.98. The summed E-state index contributed by atoms with van der Waals surface area (Å²) >= 11 is 8.32. The third-order valence-corrected chi connectivity index (χ3v) is 4.15. The minimum atomic E-state index is -0.504. The predicted molar refractivity (Wildman–Crippen MR) is 101 cm³/mol. The van der Waals surface area contributed by atoms with E-state index in [1.54, 1.807) is 12.1 Å². The lowest BCUT2D eigenvalue weighted by molar-refractivity contribution is -0.384. The Hall–Kier alpha value is -2.78. The zero-order valence-electron chi connectivity index (χ0n) is 12.5. The van der Waals surface area contributed by atoms with Crippen molar-refractivity contribution in [2.45, 2.75) is 0 Å². The molecular formula is C16H10BrN3O4S. The van der Waals surface area contributed by atoms with Gasteiger partial charge in [0.25, 0.3) is 11.6 Å². The Bertz CT molecular complexity index is 969. The van der Waals surface area contributed by atoms with Crippen LogP contribution in [0.15, 0.2) is 57.4 Å². The minimum Gasteiger partial charge on any atom is -0.451 e. The quantitative estimate of drug-likeness (QED) is 0.374. The van der Waals surface area contributed by atoms with Crippen molar-refractivity contribution in [3.8, 4) is 0 Å². The smallest absolute Gasteiger partial charge is 0.293 e. The third-order valence-electron chi connectivity index (χ3n) is 3.29. The molecule has 0 spiro atoms. The number of hydrogen-bond donors (Lipinski definition) is 2. The number of fused-ring (bicyclic) bond motifs is 1. The van der Waals surface area contributed by atoms with Gasteiger partial charge < -0.3 is 9.73 Å². The van der Waals surface area contributed by atoms with Crippen molar-refractivity contribution in [2.24, 2.45) is 0 Å². The number of nitro benzene ring substituents is 1. The highest BCUT2D eigenvalue weighted by molar-refractivity contribution is 9.10. The first kappa shape index (κ1) is 17.1. The molecule has 1 aromatic heterocycles. The summed E-state index contributed by atoms with van der Waals surface area (Å²) in [4.78, 5) is 22.4. The number of halogens is 1. The summed E-state index contributed by atoms with van der Waals surface area (Å²) in [5, 5.41) is 16.9. The Morgan fingerprint density at radius 1 is 1.20 bits per heavy atom. The lowest BCUT2D eigenvalue weighted by Crippen LogP contribution is -2.33. The van der Waals surface area contributed by atoms with E-state index in [0.717, 1.165) is 5.39 Å². The van der Waals surface area contributed by atoms with Gasteiger partial charge >= 0.3 is 0 Å². The predicted octanol–water partition coefficient (Wildman–Crippen LogP) is 4.23. The average Bonchev–Trinajstić information content (AvgIpc) is 3.00. The number of nitrogens with one attached hydrogen (secondary N) is 2. The fraction of sp³-hybridized carbons (Fsp3) is 0. The number of benzene rings is 2. The summed E-state index contributed by atoms with van der Waals surface area (Å²) < 4.78 is 5.91. The zero-order chi connectivity index (χ0) is 18.0. The van der Waals surface area contributed by atoms with E-state index in [9.17, 15) is 14.9 Å². The number of non-ortho nitro benzene ring substituents is 1. The number of furan rings is 1. The second kappa shape index (κ2) is 6.99.